The van der Waals surface area contributed by atoms with Gasteiger partial charge < -0.3 is 4.55 Å². The van der Waals surface area contributed by atoms with Gasteiger partial charge in [-0.1, -0.05) is 12.1 Å². The summed E-state index contributed by atoms with van der Waals surface area (Å²) in [5.41, 5.74) is 3.32. The van der Waals surface area contributed by atoms with Crippen molar-refractivity contribution in [1.82, 2.24) is 0 Å². The second-order valence-corrected chi connectivity index (χ2v) is 4.71. The Balaban J connectivity index is 2.60. The molecule has 0 saturated carbocycles. The van der Waals surface area contributed by atoms with Crippen LogP contribution in [-0.2, 0) is 23.9 Å². The van der Waals surface area contributed by atoms with E-state index in [9.17, 15) is 8.76 Å². The molecule has 2 rings (SSSR count). The summed E-state index contributed by atoms with van der Waals surface area (Å²) in [4.78, 5) is 0.655. The van der Waals surface area contributed by atoms with Gasteiger partial charge in [-0.2, -0.15) is 0 Å². The largest absolute Gasteiger partial charge is 0.302 e. The second kappa shape index (κ2) is 3.83. The fourth-order valence-electron chi connectivity index (χ4n) is 2.15. The number of rotatable bonds is 1. The van der Waals surface area contributed by atoms with Crippen molar-refractivity contribution in [3.8, 4) is 0 Å². The van der Waals surface area contributed by atoms with Crippen LogP contribution < -0.4 is 0 Å². The molecule has 76 valence electrons. The van der Waals surface area contributed by atoms with Gasteiger partial charge in [0.05, 0.1) is 4.90 Å². The molecule has 1 aromatic rings. The zero-order chi connectivity index (χ0) is 10.1. The molecule has 0 fully saturated rings. The summed E-state index contributed by atoms with van der Waals surface area (Å²) in [6.45, 7) is 1.90. The first kappa shape index (κ1) is 9.87. The van der Waals surface area contributed by atoms with Crippen LogP contribution in [0.3, 0.4) is 0 Å². The first-order valence-corrected chi connectivity index (χ1v) is 6.03. The molecule has 1 unspecified atom stereocenters. The molecule has 14 heavy (non-hydrogen) atoms. The maximum atomic E-state index is 11.2. The lowest BCUT2D eigenvalue weighted by Crippen LogP contribution is -2.08. The quantitative estimate of drug-likeness (QED) is 0.723. The number of benzene rings is 1. The monoisotopic (exact) mass is 210 g/mol. The highest BCUT2D eigenvalue weighted by molar-refractivity contribution is 7.79. The normalized spacial score (nSPS) is 17.6. The molecule has 0 heterocycles. The van der Waals surface area contributed by atoms with Crippen LogP contribution in [0, 0.1) is 6.92 Å². The van der Waals surface area contributed by atoms with Crippen molar-refractivity contribution in [2.24, 2.45) is 0 Å². The van der Waals surface area contributed by atoms with E-state index in [4.69, 9.17) is 0 Å². The molecule has 1 aromatic carbocycles. The van der Waals surface area contributed by atoms with Gasteiger partial charge in [0.25, 0.3) is 0 Å². The van der Waals surface area contributed by atoms with Crippen LogP contribution in [0.25, 0.3) is 0 Å². The van der Waals surface area contributed by atoms with Gasteiger partial charge in [0, 0.05) is 0 Å². The number of hydrogen-bond donors (Lipinski definition) is 1. The van der Waals surface area contributed by atoms with Gasteiger partial charge in [-0.05, 0) is 49.3 Å². The third-order valence-electron chi connectivity index (χ3n) is 2.85. The van der Waals surface area contributed by atoms with Crippen LogP contribution in [0.1, 0.15) is 29.5 Å². The minimum Gasteiger partial charge on any atom is -0.302 e. The molecule has 0 bridgehead atoms. The molecule has 1 aliphatic carbocycles. The van der Waals surface area contributed by atoms with Gasteiger partial charge in [0.1, 0.15) is 0 Å². The summed E-state index contributed by atoms with van der Waals surface area (Å²) in [5.74, 6) is 0. The Labute approximate surface area is 86.6 Å². The van der Waals surface area contributed by atoms with E-state index < -0.39 is 11.1 Å². The van der Waals surface area contributed by atoms with Crippen molar-refractivity contribution in [1.29, 1.82) is 0 Å². The molecule has 0 aromatic heterocycles. The molecule has 2 nitrogen and oxygen atoms in total. The van der Waals surface area contributed by atoms with Crippen molar-refractivity contribution in [2.75, 3.05) is 0 Å². The van der Waals surface area contributed by atoms with Gasteiger partial charge in [0.2, 0.25) is 0 Å². The highest BCUT2D eigenvalue weighted by Crippen LogP contribution is 2.28. The maximum absolute atomic E-state index is 11.2. The van der Waals surface area contributed by atoms with Crippen LogP contribution in [0.2, 0.25) is 0 Å². The molecule has 3 heteroatoms. The van der Waals surface area contributed by atoms with E-state index in [-0.39, 0.29) is 0 Å². The summed E-state index contributed by atoms with van der Waals surface area (Å²) in [6.07, 6.45) is 4.35. The van der Waals surface area contributed by atoms with Crippen LogP contribution in [0.15, 0.2) is 17.0 Å². The first-order valence-electron chi connectivity index (χ1n) is 4.92. The Morgan fingerprint density at radius 1 is 1.29 bits per heavy atom. The van der Waals surface area contributed by atoms with E-state index in [1.54, 1.807) is 0 Å². The maximum Gasteiger partial charge on any atom is 0.187 e. The van der Waals surface area contributed by atoms with Gasteiger partial charge in [0.15, 0.2) is 11.1 Å². The zero-order valence-corrected chi connectivity index (χ0v) is 9.06. The van der Waals surface area contributed by atoms with Crippen molar-refractivity contribution in [2.45, 2.75) is 37.5 Å². The average Bonchev–Trinajstić information content (AvgIpc) is 2.17. The smallest absolute Gasteiger partial charge is 0.187 e. The lowest BCUT2D eigenvalue weighted by Gasteiger charge is -2.19. The second-order valence-electron chi connectivity index (χ2n) is 3.81. The Kier molecular flexibility index (Phi) is 2.70. The number of aryl methyl sites for hydroxylation is 2. The van der Waals surface area contributed by atoms with Gasteiger partial charge in [-0.3, -0.25) is 0 Å². The lowest BCUT2D eigenvalue weighted by molar-refractivity contribution is 0.559. The molecule has 0 aliphatic heterocycles. The van der Waals surface area contributed by atoms with Gasteiger partial charge in [-0.25, -0.2) is 4.21 Å². The molecule has 0 spiro atoms. The molecule has 1 N–H and O–H groups in total. The summed E-state index contributed by atoms with van der Waals surface area (Å²) in [7, 11) is 0. The van der Waals surface area contributed by atoms with Crippen molar-refractivity contribution in [3.63, 3.8) is 0 Å². The molecule has 0 saturated heterocycles. The van der Waals surface area contributed by atoms with Crippen molar-refractivity contribution in [3.05, 3.63) is 28.8 Å². The molecule has 1 atom stereocenters. The summed E-state index contributed by atoms with van der Waals surface area (Å²) >= 11 is -1.83. The minimum atomic E-state index is -1.83. The fourth-order valence-corrected chi connectivity index (χ4v) is 2.94. The van der Waals surface area contributed by atoms with E-state index in [1.807, 2.05) is 13.0 Å². The van der Waals surface area contributed by atoms with Crippen LogP contribution in [0.5, 0.6) is 0 Å². The summed E-state index contributed by atoms with van der Waals surface area (Å²) < 4.78 is 20.4. The molecular formula is C11H14O2S. The summed E-state index contributed by atoms with van der Waals surface area (Å²) in [6, 6.07) is 4.05. The van der Waals surface area contributed by atoms with E-state index in [0.29, 0.717) is 4.90 Å². The average molecular weight is 210 g/mol. The molecule has 1 aliphatic rings. The molecule has 0 radical (unpaired) electrons. The van der Waals surface area contributed by atoms with E-state index >= 15 is 0 Å². The Morgan fingerprint density at radius 2 is 2.00 bits per heavy atom. The van der Waals surface area contributed by atoms with E-state index in [0.717, 1.165) is 30.4 Å². The first-order chi connectivity index (χ1) is 6.70. The predicted molar refractivity (Wildman–Crippen MR) is 56.9 cm³/mol. The Hall–Kier alpha value is -0.670. The van der Waals surface area contributed by atoms with Crippen LogP contribution in [0.4, 0.5) is 0 Å². The Morgan fingerprint density at radius 3 is 2.71 bits per heavy atom. The van der Waals surface area contributed by atoms with Crippen LogP contribution in [-0.4, -0.2) is 8.76 Å². The number of fused-ring (bicyclic) bond motifs is 1. The third kappa shape index (κ3) is 1.62. The molecule has 0 amide bonds. The SMILES string of the molecule is Cc1ccc2c(c1S(=O)O)CCCC2. The van der Waals surface area contributed by atoms with Gasteiger partial charge >= 0.3 is 0 Å². The fraction of sp³-hybridized carbons (Fsp3) is 0.455. The van der Waals surface area contributed by atoms with E-state index in [2.05, 4.69) is 6.07 Å². The topological polar surface area (TPSA) is 37.3 Å². The van der Waals surface area contributed by atoms with Crippen molar-refractivity contribution >= 4 is 11.1 Å². The third-order valence-corrected chi connectivity index (χ3v) is 3.77. The van der Waals surface area contributed by atoms with Crippen LogP contribution >= 0.6 is 0 Å². The van der Waals surface area contributed by atoms with Gasteiger partial charge in [-0.15, -0.1) is 0 Å². The summed E-state index contributed by atoms with van der Waals surface area (Å²) in [5, 5.41) is 0. The zero-order valence-electron chi connectivity index (χ0n) is 8.25. The highest BCUT2D eigenvalue weighted by Gasteiger charge is 2.17. The highest BCUT2D eigenvalue weighted by atomic mass is 32.2. The lowest BCUT2D eigenvalue weighted by atomic mass is 9.90. The predicted octanol–water partition coefficient (Wildman–Crippen LogP) is 2.45. The Bertz CT molecular complexity index is 385. The van der Waals surface area contributed by atoms with Crippen molar-refractivity contribution < 1.29 is 8.76 Å². The standard InChI is InChI=1S/C11H14O2S/c1-8-6-7-9-4-2-3-5-10(9)11(8)14(12)13/h6-7H,2-5H2,1H3,(H,12,13). The minimum absolute atomic E-state index is 0.655. The molecular weight excluding hydrogens is 196 g/mol. The van der Waals surface area contributed by atoms with E-state index in [1.165, 1.54) is 12.0 Å². The number of hydrogen-bond acceptors (Lipinski definition) is 1.